The first-order valence-electron chi connectivity index (χ1n) is 3.01. The highest BCUT2D eigenvalue weighted by Gasteiger charge is 2.18. The van der Waals surface area contributed by atoms with Gasteiger partial charge in [0, 0.05) is 12.9 Å². The van der Waals surface area contributed by atoms with E-state index in [-0.39, 0.29) is 6.10 Å². The summed E-state index contributed by atoms with van der Waals surface area (Å²) in [6.07, 6.45) is -0.108. The molecule has 0 N–H and O–H groups in total. The quantitative estimate of drug-likeness (QED) is 0.598. The molecule has 4 heteroatoms. The summed E-state index contributed by atoms with van der Waals surface area (Å²) < 4.78 is 20.8. The van der Waals surface area contributed by atoms with Crippen molar-refractivity contribution in [3.05, 3.63) is 12.4 Å². The maximum Gasteiger partial charge on any atom is 0.353 e. The Hall–Kier alpha value is -0.110. The highest BCUT2D eigenvalue weighted by molar-refractivity contribution is 7.57. The molecular formula is C6H13O3P. The molecule has 0 amide bonds. The van der Waals surface area contributed by atoms with Gasteiger partial charge in [0.2, 0.25) is 0 Å². The van der Waals surface area contributed by atoms with Gasteiger partial charge in [0.15, 0.2) is 0 Å². The zero-order valence-corrected chi connectivity index (χ0v) is 7.43. The van der Waals surface area contributed by atoms with Crippen LogP contribution in [0.1, 0.15) is 13.8 Å². The predicted octanol–water partition coefficient (Wildman–Crippen LogP) is 2.39. The van der Waals surface area contributed by atoms with Crippen LogP contribution in [0.3, 0.4) is 0 Å². The SMILES string of the molecule is C=CP(=O)(OC)OC(C)C. The average molecular weight is 164 g/mol. The molecule has 0 saturated carbocycles. The van der Waals surface area contributed by atoms with Crippen molar-refractivity contribution in [3.8, 4) is 0 Å². The molecule has 1 unspecified atom stereocenters. The van der Waals surface area contributed by atoms with Crippen molar-refractivity contribution in [1.29, 1.82) is 0 Å². The van der Waals surface area contributed by atoms with E-state index in [0.717, 1.165) is 0 Å². The Labute approximate surface area is 61.6 Å². The summed E-state index contributed by atoms with van der Waals surface area (Å²) >= 11 is 0. The molecule has 0 fully saturated rings. The first-order chi connectivity index (χ1) is 4.54. The lowest BCUT2D eigenvalue weighted by molar-refractivity contribution is 0.195. The van der Waals surface area contributed by atoms with Crippen LogP contribution in [0.2, 0.25) is 0 Å². The Morgan fingerprint density at radius 1 is 1.60 bits per heavy atom. The van der Waals surface area contributed by atoms with E-state index in [2.05, 4.69) is 11.1 Å². The van der Waals surface area contributed by atoms with E-state index >= 15 is 0 Å². The molecule has 60 valence electrons. The fourth-order valence-electron chi connectivity index (χ4n) is 0.454. The Morgan fingerprint density at radius 2 is 2.10 bits per heavy atom. The second kappa shape index (κ2) is 3.91. The van der Waals surface area contributed by atoms with Crippen molar-refractivity contribution >= 4 is 7.60 Å². The third kappa shape index (κ3) is 3.16. The second-order valence-corrected chi connectivity index (χ2v) is 4.08. The minimum absolute atomic E-state index is 0.108. The van der Waals surface area contributed by atoms with E-state index < -0.39 is 7.60 Å². The molecule has 1 atom stereocenters. The van der Waals surface area contributed by atoms with Gasteiger partial charge in [-0.05, 0) is 13.8 Å². The fourth-order valence-corrected chi connectivity index (χ4v) is 1.36. The molecule has 0 aromatic heterocycles. The van der Waals surface area contributed by atoms with Crippen molar-refractivity contribution in [3.63, 3.8) is 0 Å². The average Bonchev–Trinajstić information content (AvgIpc) is 1.87. The molecule has 0 saturated heterocycles. The standard InChI is InChI=1S/C6H13O3P/c1-5-10(7,8-4)9-6(2)3/h5-6H,1H2,2-4H3. The van der Waals surface area contributed by atoms with Gasteiger partial charge in [0.1, 0.15) is 0 Å². The van der Waals surface area contributed by atoms with Crippen LogP contribution in [0.15, 0.2) is 12.4 Å². The number of hydrogen-bond acceptors (Lipinski definition) is 3. The summed E-state index contributed by atoms with van der Waals surface area (Å²) in [7, 11) is -1.64. The molecule has 0 aliphatic heterocycles. The van der Waals surface area contributed by atoms with Crippen LogP contribution in [0.4, 0.5) is 0 Å². The zero-order valence-electron chi connectivity index (χ0n) is 6.53. The van der Waals surface area contributed by atoms with Gasteiger partial charge < -0.3 is 9.05 Å². The zero-order chi connectivity index (χ0) is 8.20. The van der Waals surface area contributed by atoms with Crippen molar-refractivity contribution in [1.82, 2.24) is 0 Å². The van der Waals surface area contributed by atoms with Crippen LogP contribution in [-0.2, 0) is 13.6 Å². The van der Waals surface area contributed by atoms with E-state index in [4.69, 9.17) is 4.52 Å². The van der Waals surface area contributed by atoms with Gasteiger partial charge in [-0.25, -0.2) is 0 Å². The van der Waals surface area contributed by atoms with Crippen LogP contribution in [0.5, 0.6) is 0 Å². The van der Waals surface area contributed by atoms with Gasteiger partial charge in [-0.2, -0.15) is 0 Å². The van der Waals surface area contributed by atoms with E-state index in [1.54, 1.807) is 13.8 Å². The molecule has 3 nitrogen and oxygen atoms in total. The third-order valence-corrected chi connectivity index (χ3v) is 2.51. The predicted molar refractivity (Wildman–Crippen MR) is 41.0 cm³/mol. The van der Waals surface area contributed by atoms with Gasteiger partial charge >= 0.3 is 7.60 Å². The largest absolute Gasteiger partial charge is 0.353 e. The van der Waals surface area contributed by atoms with E-state index in [1.165, 1.54) is 12.9 Å². The lowest BCUT2D eigenvalue weighted by Gasteiger charge is -2.13. The molecule has 0 spiro atoms. The van der Waals surface area contributed by atoms with Gasteiger partial charge in [-0.15, -0.1) is 0 Å². The first-order valence-corrected chi connectivity index (χ1v) is 4.62. The monoisotopic (exact) mass is 164 g/mol. The van der Waals surface area contributed by atoms with Gasteiger partial charge in [-0.1, -0.05) is 6.58 Å². The minimum Gasteiger partial charge on any atom is -0.309 e. The van der Waals surface area contributed by atoms with E-state index in [1.807, 2.05) is 0 Å². The molecule has 0 radical (unpaired) electrons. The highest BCUT2D eigenvalue weighted by atomic mass is 31.2. The molecular weight excluding hydrogens is 151 g/mol. The Bertz CT molecular complexity index is 153. The van der Waals surface area contributed by atoms with Gasteiger partial charge in [-0.3, -0.25) is 4.57 Å². The smallest absolute Gasteiger partial charge is 0.309 e. The van der Waals surface area contributed by atoms with Crippen molar-refractivity contribution in [2.45, 2.75) is 20.0 Å². The summed E-state index contributed by atoms with van der Waals surface area (Å²) in [6, 6.07) is 0. The van der Waals surface area contributed by atoms with Crippen LogP contribution >= 0.6 is 7.60 Å². The van der Waals surface area contributed by atoms with E-state index in [9.17, 15) is 4.57 Å². The normalized spacial score (nSPS) is 16.8. The topological polar surface area (TPSA) is 35.5 Å². The summed E-state index contributed by atoms with van der Waals surface area (Å²) in [4.78, 5) is 0. The Morgan fingerprint density at radius 3 is 2.20 bits per heavy atom. The highest BCUT2D eigenvalue weighted by Crippen LogP contribution is 2.49. The molecule has 0 rings (SSSR count). The minimum atomic E-state index is -2.97. The molecule has 0 aromatic rings. The maximum absolute atomic E-state index is 11.2. The summed E-state index contributed by atoms with van der Waals surface area (Å²) in [5, 5.41) is 0. The van der Waals surface area contributed by atoms with Crippen LogP contribution in [0.25, 0.3) is 0 Å². The first kappa shape index (κ1) is 9.89. The second-order valence-electron chi connectivity index (χ2n) is 2.06. The molecule has 10 heavy (non-hydrogen) atoms. The lowest BCUT2D eigenvalue weighted by Crippen LogP contribution is -1.99. The lowest BCUT2D eigenvalue weighted by atomic mass is 10.5. The van der Waals surface area contributed by atoms with Crippen LogP contribution in [-0.4, -0.2) is 13.2 Å². The van der Waals surface area contributed by atoms with E-state index in [0.29, 0.717) is 0 Å². The van der Waals surface area contributed by atoms with Crippen molar-refractivity contribution < 1.29 is 13.6 Å². The fraction of sp³-hybridized carbons (Fsp3) is 0.667. The maximum atomic E-state index is 11.2. The third-order valence-electron chi connectivity index (χ3n) is 0.836. The molecule has 0 bridgehead atoms. The molecule has 0 aliphatic rings. The Kier molecular flexibility index (Phi) is 3.87. The number of hydrogen-bond donors (Lipinski definition) is 0. The van der Waals surface area contributed by atoms with Gasteiger partial charge in [0.25, 0.3) is 0 Å². The van der Waals surface area contributed by atoms with Crippen LogP contribution in [0, 0.1) is 0 Å². The Balaban J connectivity index is 4.07. The summed E-state index contributed by atoms with van der Waals surface area (Å²) in [5.74, 6) is 1.20. The van der Waals surface area contributed by atoms with Crippen molar-refractivity contribution in [2.24, 2.45) is 0 Å². The summed E-state index contributed by atoms with van der Waals surface area (Å²) in [5.41, 5.74) is 0. The number of rotatable bonds is 4. The van der Waals surface area contributed by atoms with Crippen LogP contribution < -0.4 is 0 Å². The molecule has 0 aromatic carbocycles. The summed E-state index contributed by atoms with van der Waals surface area (Å²) in [6.45, 7) is 6.92. The molecule has 0 aliphatic carbocycles. The van der Waals surface area contributed by atoms with Gasteiger partial charge in [0.05, 0.1) is 6.10 Å². The van der Waals surface area contributed by atoms with Crippen molar-refractivity contribution in [2.75, 3.05) is 7.11 Å². The molecule has 0 heterocycles.